The van der Waals surface area contributed by atoms with Crippen LogP contribution in [-0.4, -0.2) is 39.0 Å². The highest BCUT2D eigenvalue weighted by Crippen LogP contribution is 2.12. The zero-order chi connectivity index (χ0) is 14.3. The van der Waals surface area contributed by atoms with Crippen molar-refractivity contribution < 1.29 is 19.0 Å². The van der Waals surface area contributed by atoms with E-state index in [0.717, 1.165) is 6.61 Å². The van der Waals surface area contributed by atoms with Crippen LogP contribution in [0.2, 0.25) is 0 Å². The van der Waals surface area contributed by atoms with Gasteiger partial charge in [-0.1, -0.05) is 40.0 Å². The SMILES string of the molecule is CCCCC(CC)COCCOCCOC(=O)CC. The van der Waals surface area contributed by atoms with Gasteiger partial charge in [0.05, 0.1) is 19.8 Å². The summed E-state index contributed by atoms with van der Waals surface area (Å²) in [5.41, 5.74) is 0. The fourth-order valence-electron chi connectivity index (χ4n) is 1.68. The minimum absolute atomic E-state index is 0.179. The Hall–Kier alpha value is -0.610. The molecule has 0 bridgehead atoms. The molecule has 114 valence electrons. The third-order valence-corrected chi connectivity index (χ3v) is 3.05. The molecule has 0 heterocycles. The summed E-state index contributed by atoms with van der Waals surface area (Å²) >= 11 is 0. The number of carbonyl (C=O) groups is 1. The second-order valence-electron chi connectivity index (χ2n) is 4.68. The second kappa shape index (κ2) is 13.8. The van der Waals surface area contributed by atoms with E-state index in [1.54, 1.807) is 6.92 Å². The molecule has 0 N–H and O–H groups in total. The lowest BCUT2D eigenvalue weighted by Gasteiger charge is -2.14. The van der Waals surface area contributed by atoms with E-state index < -0.39 is 0 Å². The molecule has 0 aromatic heterocycles. The molecule has 0 aliphatic carbocycles. The van der Waals surface area contributed by atoms with Crippen molar-refractivity contribution in [1.29, 1.82) is 0 Å². The van der Waals surface area contributed by atoms with Crippen molar-refractivity contribution in [2.24, 2.45) is 5.92 Å². The van der Waals surface area contributed by atoms with E-state index in [1.165, 1.54) is 25.7 Å². The number of rotatable bonds is 13. The van der Waals surface area contributed by atoms with Gasteiger partial charge in [0, 0.05) is 13.0 Å². The average Bonchev–Trinajstić information content (AvgIpc) is 2.44. The average molecular weight is 274 g/mol. The summed E-state index contributed by atoms with van der Waals surface area (Å²) in [6.45, 7) is 8.99. The van der Waals surface area contributed by atoms with Crippen LogP contribution in [-0.2, 0) is 19.0 Å². The molecule has 0 radical (unpaired) electrons. The number of hydrogen-bond donors (Lipinski definition) is 0. The molecule has 0 amide bonds. The van der Waals surface area contributed by atoms with Gasteiger partial charge in [0.2, 0.25) is 0 Å². The summed E-state index contributed by atoms with van der Waals surface area (Å²) in [7, 11) is 0. The van der Waals surface area contributed by atoms with Gasteiger partial charge < -0.3 is 14.2 Å². The molecule has 0 saturated carbocycles. The largest absolute Gasteiger partial charge is 0.463 e. The summed E-state index contributed by atoms with van der Waals surface area (Å²) in [6, 6.07) is 0. The second-order valence-corrected chi connectivity index (χ2v) is 4.68. The van der Waals surface area contributed by atoms with E-state index in [1.807, 2.05) is 0 Å². The fourth-order valence-corrected chi connectivity index (χ4v) is 1.68. The standard InChI is InChI=1S/C15H30O4/c1-4-7-8-14(5-2)13-18-10-9-17-11-12-19-15(16)6-3/h14H,4-13H2,1-3H3. The van der Waals surface area contributed by atoms with Crippen molar-refractivity contribution in [2.45, 2.75) is 52.9 Å². The van der Waals surface area contributed by atoms with Gasteiger partial charge in [-0.2, -0.15) is 0 Å². The van der Waals surface area contributed by atoms with Crippen LogP contribution in [0, 0.1) is 5.92 Å². The van der Waals surface area contributed by atoms with Gasteiger partial charge in [0.25, 0.3) is 0 Å². The Bertz CT molecular complexity index is 206. The number of hydrogen-bond acceptors (Lipinski definition) is 4. The molecule has 4 nitrogen and oxygen atoms in total. The van der Waals surface area contributed by atoms with Gasteiger partial charge in [-0.3, -0.25) is 4.79 Å². The van der Waals surface area contributed by atoms with E-state index in [4.69, 9.17) is 14.2 Å². The van der Waals surface area contributed by atoms with Crippen LogP contribution >= 0.6 is 0 Å². The quantitative estimate of drug-likeness (QED) is 0.382. The first-order valence-electron chi connectivity index (χ1n) is 7.55. The maximum absolute atomic E-state index is 10.8. The molecule has 0 spiro atoms. The molecule has 0 aromatic rings. The monoisotopic (exact) mass is 274 g/mol. The Kier molecular flexibility index (Phi) is 13.4. The lowest BCUT2D eigenvalue weighted by molar-refractivity contribution is -0.144. The van der Waals surface area contributed by atoms with Crippen molar-refractivity contribution >= 4 is 5.97 Å². The van der Waals surface area contributed by atoms with Crippen LogP contribution in [0.5, 0.6) is 0 Å². The Labute approximate surface area is 117 Å². The van der Waals surface area contributed by atoms with Crippen molar-refractivity contribution in [3.05, 3.63) is 0 Å². The number of ether oxygens (including phenoxy) is 3. The van der Waals surface area contributed by atoms with E-state index in [9.17, 15) is 4.79 Å². The predicted octanol–water partition coefficient (Wildman–Crippen LogP) is 3.19. The van der Waals surface area contributed by atoms with E-state index in [2.05, 4.69) is 13.8 Å². The Morgan fingerprint density at radius 3 is 2.32 bits per heavy atom. The first-order chi connectivity index (χ1) is 9.24. The molecule has 1 unspecified atom stereocenters. The third-order valence-electron chi connectivity index (χ3n) is 3.05. The Morgan fingerprint density at radius 2 is 1.68 bits per heavy atom. The summed E-state index contributed by atoms with van der Waals surface area (Å²) in [6.07, 6.45) is 5.37. The van der Waals surface area contributed by atoms with Crippen LogP contribution < -0.4 is 0 Å². The Morgan fingerprint density at radius 1 is 1.00 bits per heavy atom. The molecule has 0 aliphatic heterocycles. The van der Waals surface area contributed by atoms with E-state index in [-0.39, 0.29) is 5.97 Å². The van der Waals surface area contributed by atoms with Gasteiger partial charge in [-0.25, -0.2) is 0 Å². The zero-order valence-electron chi connectivity index (χ0n) is 12.8. The minimum Gasteiger partial charge on any atom is -0.463 e. The predicted molar refractivity (Wildman–Crippen MR) is 76.2 cm³/mol. The summed E-state index contributed by atoms with van der Waals surface area (Å²) in [5.74, 6) is 0.493. The molecule has 1 atom stereocenters. The Balaban J connectivity index is 3.27. The maximum Gasteiger partial charge on any atom is 0.305 e. The molecule has 0 fully saturated rings. The molecule has 0 rings (SSSR count). The van der Waals surface area contributed by atoms with Gasteiger partial charge in [-0.05, 0) is 12.3 Å². The normalized spacial score (nSPS) is 12.4. The van der Waals surface area contributed by atoms with E-state index >= 15 is 0 Å². The highest BCUT2D eigenvalue weighted by Gasteiger charge is 2.05. The first-order valence-corrected chi connectivity index (χ1v) is 7.55. The van der Waals surface area contributed by atoms with E-state index in [0.29, 0.717) is 38.8 Å². The third kappa shape index (κ3) is 12.2. The molecule has 0 saturated heterocycles. The van der Waals surface area contributed by atoms with Crippen molar-refractivity contribution in [3.8, 4) is 0 Å². The van der Waals surface area contributed by atoms with Crippen LogP contribution in [0.15, 0.2) is 0 Å². The molecule has 19 heavy (non-hydrogen) atoms. The smallest absolute Gasteiger partial charge is 0.305 e. The van der Waals surface area contributed by atoms with Crippen LogP contribution in [0.25, 0.3) is 0 Å². The summed E-state index contributed by atoms with van der Waals surface area (Å²) < 4.78 is 15.8. The van der Waals surface area contributed by atoms with Crippen LogP contribution in [0.1, 0.15) is 52.9 Å². The van der Waals surface area contributed by atoms with Crippen LogP contribution in [0.4, 0.5) is 0 Å². The van der Waals surface area contributed by atoms with Gasteiger partial charge >= 0.3 is 5.97 Å². The molecule has 4 heteroatoms. The van der Waals surface area contributed by atoms with Crippen molar-refractivity contribution in [1.82, 2.24) is 0 Å². The highest BCUT2D eigenvalue weighted by atomic mass is 16.6. The lowest BCUT2D eigenvalue weighted by atomic mass is 10.0. The minimum atomic E-state index is -0.179. The lowest BCUT2D eigenvalue weighted by Crippen LogP contribution is -2.14. The molecular weight excluding hydrogens is 244 g/mol. The fraction of sp³-hybridized carbons (Fsp3) is 0.933. The molecular formula is C15H30O4. The first kappa shape index (κ1) is 18.4. The van der Waals surface area contributed by atoms with Gasteiger partial charge in [0.1, 0.15) is 6.61 Å². The van der Waals surface area contributed by atoms with Crippen LogP contribution in [0.3, 0.4) is 0 Å². The number of unbranched alkanes of at least 4 members (excludes halogenated alkanes) is 1. The molecule has 0 aromatic carbocycles. The van der Waals surface area contributed by atoms with Crippen molar-refractivity contribution in [3.63, 3.8) is 0 Å². The van der Waals surface area contributed by atoms with Gasteiger partial charge in [-0.15, -0.1) is 0 Å². The topological polar surface area (TPSA) is 44.8 Å². The van der Waals surface area contributed by atoms with Crippen molar-refractivity contribution in [2.75, 3.05) is 33.0 Å². The van der Waals surface area contributed by atoms with Gasteiger partial charge in [0.15, 0.2) is 0 Å². The highest BCUT2D eigenvalue weighted by molar-refractivity contribution is 5.68. The number of carbonyl (C=O) groups excluding carboxylic acids is 1. The molecule has 0 aliphatic rings. The summed E-state index contributed by atoms with van der Waals surface area (Å²) in [4.78, 5) is 10.8. The summed E-state index contributed by atoms with van der Waals surface area (Å²) in [5, 5.41) is 0. The zero-order valence-corrected chi connectivity index (χ0v) is 12.8. The maximum atomic E-state index is 10.8. The number of esters is 1.